The predicted octanol–water partition coefficient (Wildman–Crippen LogP) is 3.03. The summed E-state index contributed by atoms with van der Waals surface area (Å²) in [5.41, 5.74) is 0.417. The van der Waals surface area contributed by atoms with Crippen LogP contribution in [0, 0.1) is 15.9 Å². The highest BCUT2D eigenvalue weighted by Crippen LogP contribution is 2.33. The molecule has 0 fully saturated rings. The molecule has 1 aromatic heterocycles. The van der Waals surface area contributed by atoms with Crippen LogP contribution >= 0.6 is 0 Å². The van der Waals surface area contributed by atoms with Gasteiger partial charge in [-0.05, 0) is 24.2 Å². The fourth-order valence-corrected chi connectivity index (χ4v) is 1.75. The molecule has 0 aliphatic rings. The van der Waals surface area contributed by atoms with Crippen molar-refractivity contribution < 1.29 is 14.1 Å². The highest BCUT2D eigenvalue weighted by Gasteiger charge is 2.20. The van der Waals surface area contributed by atoms with Crippen LogP contribution in [0.1, 0.15) is 12.5 Å². The Hall–Kier alpha value is -2.54. The van der Waals surface area contributed by atoms with Gasteiger partial charge in [-0.15, -0.1) is 0 Å². The van der Waals surface area contributed by atoms with Gasteiger partial charge in [0, 0.05) is 18.8 Å². The summed E-state index contributed by atoms with van der Waals surface area (Å²) < 4.78 is 19.1. The normalized spacial score (nSPS) is 10.4. The number of halogens is 1. The summed E-state index contributed by atoms with van der Waals surface area (Å²) in [5.74, 6) is -0.954. The minimum Gasteiger partial charge on any atom is -0.445 e. The lowest BCUT2D eigenvalue weighted by Crippen LogP contribution is -2.11. The molecule has 2 aromatic rings. The first-order chi connectivity index (χ1) is 10.1. The average molecular weight is 291 g/mol. The summed E-state index contributed by atoms with van der Waals surface area (Å²) in [6.45, 7) is 3.35. The molecule has 6 nitrogen and oxygen atoms in total. The predicted molar refractivity (Wildman–Crippen MR) is 74.7 cm³/mol. The molecule has 1 N–H and O–H groups in total. The number of aromatic nitrogens is 1. The SMILES string of the molecule is CCNCc1cncc(Oc2c(F)cccc2[N+](=O)[O-])c1. The van der Waals surface area contributed by atoms with Crippen LogP contribution < -0.4 is 10.1 Å². The van der Waals surface area contributed by atoms with E-state index in [0.29, 0.717) is 6.54 Å². The number of hydrogen-bond acceptors (Lipinski definition) is 5. The van der Waals surface area contributed by atoms with Crippen LogP contribution in [0.2, 0.25) is 0 Å². The molecule has 2 rings (SSSR count). The highest BCUT2D eigenvalue weighted by molar-refractivity contribution is 5.49. The first kappa shape index (κ1) is 14.9. The van der Waals surface area contributed by atoms with Gasteiger partial charge in [0.2, 0.25) is 5.75 Å². The van der Waals surface area contributed by atoms with Crippen LogP contribution in [0.15, 0.2) is 36.7 Å². The highest BCUT2D eigenvalue weighted by atomic mass is 19.1. The number of nitrogens with one attached hydrogen (secondary N) is 1. The molecule has 0 radical (unpaired) electrons. The van der Waals surface area contributed by atoms with Gasteiger partial charge in [-0.1, -0.05) is 13.0 Å². The number of hydrogen-bond donors (Lipinski definition) is 1. The van der Waals surface area contributed by atoms with Gasteiger partial charge in [0.25, 0.3) is 0 Å². The van der Waals surface area contributed by atoms with Crippen molar-refractivity contribution in [3.05, 3.63) is 58.2 Å². The maximum atomic E-state index is 13.7. The Morgan fingerprint density at radius 1 is 1.43 bits per heavy atom. The van der Waals surface area contributed by atoms with Crippen molar-refractivity contribution in [2.24, 2.45) is 0 Å². The molecule has 0 bridgehead atoms. The second kappa shape index (κ2) is 6.76. The summed E-state index contributed by atoms with van der Waals surface area (Å²) in [4.78, 5) is 14.2. The Morgan fingerprint density at radius 3 is 2.95 bits per heavy atom. The number of nitro groups is 1. The summed E-state index contributed by atoms with van der Waals surface area (Å²) in [6, 6.07) is 5.22. The number of nitro benzene ring substituents is 1. The van der Waals surface area contributed by atoms with Crippen LogP contribution in [0.5, 0.6) is 11.5 Å². The van der Waals surface area contributed by atoms with Gasteiger partial charge in [0.05, 0.1) is 11.1 Å². The number of ether oxygens (including phenoxy) is 1. The second-order valence-corrected chi connectivity index (χ2v) is 4.26. The molecule has 0 spiro atoms. The molecule has 1 heterocycles. The zero-order valence-corrected chi connectivity index (χ0v) is 11.4. The lowest BCUT2D eigenvalue weighted by molar-refractivity contribution is -0.385. The zero-order valence-electron chi connectivity index (χ0n) is 11.4. The smallest absolute Gasteiger partial charge is 0.314 e. The van der Waals surface area contributed by atoms with Crippen molar-refractivity contribution in [2.75, 3.05) is 6.54 Å². The largest absolute Gasteiger partial charge is 0.445 e. The average Bonchev–Trinajstić information content (AvgIpc) is 2.47. The standard InChI is InChI=1S/C14H14FN3O3/c1-2-16-7-10-6-11(9-17-8-10)21-14-12(15)4-3-5-13(14)18(19)20/h3-6,8-9,16H,2,7H2,1H3. The molecule has 0 saturated heterocycles. The van der Waals surface area contributed by atoms with E-state index < -0.39 is 22.2 Å². The lowest BCUT2D eigenvalue weighted by atomic mass is 10.2. The number of rotatable bonds is 6. The fraction of sp³-hybridized carbons (Fsp3) is 0.214. The molecule has 0 unspecified atom stereocenters. The molecule has 0 aliphatic heterocycles. The van der Waals surface area contributed by atoms with E-state index in [9.17, 15) is 14.5 Å². The fourth-order valence-electron chi connectivity index (χ4n) is 1.75. The monoisotopic (exact) mass is 291 g/mol. The Labute approximate surface area is 120 Å². The number of nitrogens with zero attached hydrogens (tertiary/aromatic N) is 2. The maximum absolute atomic E-state index is 13.7. The molecule has 110 valence electrons. The molecule has 0 saturated carbocycles. The minimum atomic E-state index is -0.790. The molecule has 1 aromatic carbocycles. The van der Waals surface area contributed by atoms with E-state index in [-0.39, 0.29) is 5.75 Å². The van der Waals surface area contributed by atoms with E-state index in [4.69, 9.17) is 4.74 Å². The van der Waals surface area contributed by atoms with Crippen LogP contribution in [-0.2, 0) is 6.54 Å². The van der Waals surface area contributed by atoms with E-state index in [1.807, 2.05) is 6.92 Å². The van der Waals surface area contributed by atoms with Gasteiger partial charge < -0.3 is 10.1 Å². The summed E-state index contributed by atoms with van der Waals surface area (Å²) in [7, 11) is 0. The molecule has 7 heteroatoms. The molecule has 21 heavy (non-hydrogen) atoms. The topological polar surface area (TPSA) is 77.3 Å². The van der Waals surface area contributed by atoms with E-state index in [1.165, 1.54) is 18.3 Å². The third-order valence-corrected chi connectivity index (χ3v) is 2.71. The summed E-state index contributed by atoms with van der Waals surface area (Å²) in [6.07, 6.45) is 3.02. The first-order valence-corrected chi connectivity index (χ1v) is 6.37. The molecule has 0 aliphatic carbocycles. The third kappa shape index (κ3) is 3.73. The summed E-state index contributed by atoms with van der Waals surface area (Å²) in [5, 5.41) is 14.0. The van der Waals surface area contributed by atoms with Crippen molar-refractivity contribution in [1.29, 1.82) is 0 Å². The van der Waals surface area contributed by atoms with Gasteiger partial charge in [0.1, 0.15) is 5.75 Å². The maximum Gasteiger partial charge on any atom is 0.314 e. The van der Waals surface area contributed by atoms with Crippen molar-refractivity contribution in [3.8, 4) is 11.5 Å². The lowest BCUT2D eigenvalue weighted by Gasteiger charge is -2.08. The van der Waals surface area contributed by atoms with Gasteiger partial charge in [-0.2, -0.15) is 0 Å². The zero-order chi connectivity index (χ0) is 15.2. The minimum absolute atomic E-state index is 0.249. The van der Waals surface area contributed by atoms with Crippen LogP contribution in [-0.4, -0.2) is 16.5 Å². The van der Waals surface area contributed by atoms with Crippen LogP contribution in [0.25, 0.3) is 0 Å². The van der Waals surface area contributed by atoms with E-state index >= 15 is 0 Å². The molecule has 0 amide bonds. The van der Waals surface area contributed by atoms with Gasteiger partial charge in [-0.25, -0.2) is 4.39 Å². The Morgan fingerprint density at radius 2 is 2.24 bits per heavy atom. The number of para-hydroxylation sites is 1. The van der Waals surface area contributed by atoms with Gasteiger partial charge in [0.15, 0.2) is 5.82 Å². The Bertz CT molecular complexity index is 649. The second-order valence-electron chi connectivity index (χ2n) is 4.26. The molecular formula is C14H14FN3O3. The van der Waals surface area contributed by atoms with Crippen molar-refractivity contribution in [3.63, 3.8) is 0 Å². The van der Waals surface area contributed by atoms with Crippen molar-refractivity contribution in [2.45, 2.75) is 13.5 Å². The number of benzene rings is 1. The number of pyridine rings is 1. The molecule has 0 atom stereocenters. The third-order valence-electron chi connectivity index (χ3n) is 2.71. The van der Waals surface area contributed by atoms with Crippen molar-refractivity contribution in [1.82, 2.24) is 10.3 Å². The Balaban J connectivity index is 2.28. The van der Waals surface area contributed by atoms with E-state index in [0.717, 1.165) is 18.2 Å². The van der Waals surface area contributed by atoms with E-state index in [1.54, 1.807) is 12.3 Å². The van der Waals surface area contributed by atoms with Gasteiger partial charge >= 0.3 is 5.69 Å². The summed E-state index contributed by atoms with van der Waals surface area (Å²) >= 11 is 0. The first-order valence-electron chi connectivity index (χ1n) is 6.37. The van der Waals surface area contributed by atoms with E-state index in [2.05, 4.69) is 10.3 Å². The van der Waals surface area contributed by atoms with Crippen LogP contribution in [0.3, 0.4) is 0 Å². The van der Waals surface area contributed by atoms with Crippen molar-refractivity contribution >= 4 is 5.69 Å². The van der Waals surface area contributed by atoms with Crippen LogP contribution in [0.4, 0.5) is 10.1 Å². The van der Waals surface area contributed by atoms with Gasteiger partial charge in [-0.3, -0.25) is 15.1 Å². The molecular weight excluding hydrogens is 277 g/mol. The quantitative estimate of drug-likeness (QED) is 0.654. The Kier molecular flexibility index (Phi) is 4.78.